The molecule has 3 saturated heterocycles. The fraction of sp³-hybridized carbons (Fsp3) is 0.480. The zero-order valence-electron chi connectivity index (χ0n) is 18.0. The van der Waals surface area contributed by atoms with E-state index in [-0.39, 0.29) is 24.2 Å². The van der Waals surface area contributed by atoms with E-state index < -0.39 is 17.8 Å². The Morgan fingerprint density at radius 1 is 0.968 bits per heavy atom. The largest absolute Gasteiger partial charge is 0.469 e. The SMILES string of the molecule is COC(=O)[C@@H]1[C@H]2CCCCN2O[C@H]1C1(C)O[C@H](c2ccccc2)[C@@H](c2ccccc2)O1. The van der Waals surface area contributed by atoms with Crippen LogP contribution in [0.25, 0.3) is 0 Å². The molecule has 2 aromatic carbocycles. The molecule has 6 nitrogen and oxygen atoms in total. The summed E-state index contributed by atoms with van der Waals surface area (Å²) in [4.78, 5) is 19.2. The monoisotopic (exact) mass is 423 g/mol. The van der Waals surface area contributed by atoms with Gasteiger partial charge in [0.05, 0.1) is 13.2 Å². The normalized spacial score (nSPS) is 32.5. The van der Waals surface area contributed by atoms with Gasteiger partial charge in [-0.25, -0.2) is 0 Å². The van der Waals surface area contributed by atoms with E-state index in [2.05, 4.69) is 0 Å². The molecule has 0 radical (unpaired) electrons. The van der Waals surface area contributed by atoms with Gasteiger partial charge in [-0.15, -0.1) is 0 Å². The maximum atomic E-state index is 12.8. The minimum absolute atomic E-state index is 0.0128. The first-order chi connectivity index (χ1) is 15.1. The van der Waals surface area contributed by atoms with E-state index in [0.29, 0.717) is 0 Å². The van der Waals surface area contributed by atoms with Crippen LogP contribution in [0.3, 0.4) is 0 Å². The van der Waals surface area contributed by atoms with E-state index in [0.717, 1.165) is 36.9 Å². The van der Waals surface area contributed by atoms with Gasteiger partial charge in [0.25, 0.3) is 0 Å². The fourth-order valence-electron chi connectivity index (χ4n) is 5.23. The number of carbonyl (C=O) groups excluding carboxylic acids is 1. The molecule has 2 aromatic rings. The minimum Gasteiger partial charge on any atom is -0.469 e. The highest BCUT2D eigenvalue weighted by molar-refractivity contribution is 5.74. The molecule has 0 amide bonds. The molecule has 6 heteroatoms. The quantitative estimate of drug-likeness (QED) is 0.688. The Balaban J connectivity index is 1.51. The Labute approximate surface area is 183 Å². The van der Waals surface area contributed by atoms with Gasteiger partial charge in [0.15, 0.2) is 5.79 Å². The molecule has 0 spiro atoms. The lowest BCUT2D eigenvalue weighted by molar-refractivity contribution is -0.281. The Morgan fingerprint density at radius 2 is 1.55 bits per heavy atom. The summed E-state index contributed by atoms with van der Waals surface area (Å²) in [6.07, 6.45) is 1.82. The number of ether oxygens (including phenoxy) is 3. The summed E-state index contributed by atoms with van der Waals surface area (Å²) in [5, 5.41) is 1.95. The third-order valence-corrected chi connectivity index (χ3v) is 6.73. The summed E-state index contributed by atoms with van der Waals surface area (Å²) in [5.41, 5.74) is 2.07. The standard InChI is InChI=1S/C25H29NO5/c1-25(23-20(24(27)28-2)19-15-9-10-16-26(19)31-23)29-21(17-11-5-3-6-12-17)22(30-25)18-13-7-4-8-14-18/h3-8,11-14,19-23H,9-10,15-16H2,1-2H3/t19-,20-,21-,22-,23-/m1/s1. The smallest absolute Gasteiger partial charge is 0.313 e. The average Bonchev–Trinajstić information content (AvgIpc) is 3.39. The Bertz CT molecular complexity index is 857. The highest BCUT2D eigenvalue weighted by atomic mass is 16.8. The summed E-state index contributed by atoms with van der Waals surface area (Å²) in [6, 6.07) is 20.2. The van der Waals surface area contributed by atoms with Crippen LogP contribution in [0.2, 0.25) is 0 Å². The molecule has 3 aliphatic heterocycles. The fourth-order valence-corrected chi connectivity index (χ4v) is 5.23. The van der Waals surface area contributed by atoms with Crippen LogP contribution in [0, 0.1) is 5.92 Å². The number of esters is 1. The molecule has 164 valence electrons. The van der Waals surface area contributed by atoms with Crippen molar-refractivity contribution in [2.45, 2.75) is 56.3 Å². The van der Waals surface area contributed by atoms with Crippen molar-refractivity contribution in [3.63, 3.8) is 0 Å². The van der Waals surface area contributed by atoms with Gasteiger partial charge in [0.2, 0.25) is 0 Å². The number of carbonyl (C=O) groups is 1. The van der Waals surface area contributed by atoms with Crippen LogP contribution in [0.4, 0.5) is 0 Å². The molecule has 0 N–H and O–H groups in total. The van der Waals surface area contributed by atoms with Gasteiger partial charge in [0.1, 0.15) is 24.2 Å². The number of hydrogen-bond donors (Lipinski definition) is 0. The van der Waals surface area contributed by atoms with Crippen molar-refractivity contribution in [3.05, 3.63) is 71.8 Å². The van der Waals surface area contributed by atoms with Gasteiger partial charge in [-0.1, -0.05) is 67.1 Å². The summed E-state index contributed by atoms with van der Waals surface area (Å²) in [6.45, 7) is 2.69. The van der Waals surface area contributed by atoms with Crippen molar-refractivity contribution in [2.24, 2.45) is 5.92 Å². The third kappa shape index (κ3) is 3.68. The van der Waals surface area contributed by atoms with E-state index in [1.54, 1.807) is 0 Å². The number of rotatable bonds is 4. The molecule has 0 saturated carbocycles. The summed E-state index contributed by atoms with van der Waals surface area (Å²) >= 11 is 0. The molecule has 31 heavy (non-hydrogen) atoms. The van der Waals surface area contributed by atoms with Crippen LogP contribution in [0.15, 0.2) is 60.7 Å². The first-order valence-corrected chi connectivity index (χ1v) is 11.1. The van der Waals surface area contributed by atoms with E-state index in [1.807, 2.05) is 72.7 Å². The van der Waals surface area contributed by atoms with Crippen LogP contribution in [-0.4, -0.2) is 42.6 Å². The third-order valence-electron chi connectivity index (χ3n) is 6.73. The van der Waals surface area contributed by atoms with E-state index >= 15 is 0 Å². The van der Waals surface area contributed by atoms with E-state index in [1.165, 1.54) is 7.11 Å². The predicted octanol–water partition coefficient (Wildman–Crippen LogP) is 4.19. The van der Waals surface area contributed by atoms with E-state index in [9.17, 15) is 4.79 Å². The lowest BCUT2D eigenvalue weighted by atomic mass is 9.86. The highest BCUT2D eigenvalue weighted by Crippen LogP contribution is 2.52. The van der Waals surface area contributed by atoms with Crippen molar-refractivity contribution >= 4 is 5.97 Å². The lowest BCUT2D eigenvalue weighted by Crippen LogP contribution is -2.48. The molecule has 0 bridgehead atoms. The zero-order chi connectivity index (χ0) is 21.4. The number of piperidine rings is 1. The summed E-state index contributed by atoms with van der Waals surface area (Å²) < 4.78 is 18.5. The molecule has 0 aliphatic carbocycles. The van der Waals surface area contributed by atoms with Gasteiger partial charge in [-0.05, 0) is 30.9 Å². The maximum Gasteiger partial charge on any atom is 0.313 e. The van der Waals surface area contributed by atoms with Crippen LogP contribution in [0.5, 0.6) is 0 Å². The van der Waals surface area contributed by atoms with Crippen molar-refractivity contribution < 1.29 is 23.8 Å². The van der Waals surface area contributed by atoms with Crippen LogP contribution in [0.1, 0.15) is 49.5 Å². The molecule has 5 atom stereocenters. The Morgan fingerprint density at radius 3 is 2.10 bits per heavy atom. The molecule has 3 fully saturated rings. The van der Waals surface area contributed by atoms with Crippen molar-refractivity contribution in [2.75, 3.05) is 13.7 Å². The topological polar surface area (TPSA) is 57.2 Å². The number of nitrogens with zero attached hydrogens (tertiary/aromatic N) is 1. The molecule has 3 aliphatic rings. The van der Waals surface area contributed by atoms with Gasteiger partial charge in [0, 0.05) is 6.54 Å². The van der Waals surface area contributed by atoms with Gasteiger partial charge < -0.3 is 14.2 Å². The maximum absolute atomic E-state index is 12.8. The van der Waals surface area contributed by atoms with Crippen LogP contribution in [-0.2, 0) is 23.8 Å². The molecular formula is C25H29NO5. The highest BCUT2D eigenvalue weighted by Gasteiger charge is 2.61. The second-order valence-corrected chi connectivity index (χ2v) is 8.69. The van der Waals surface area contributed by atoms with Gasteiger partial charge >= 0.3 is 5.97 Å². The van der Waals surface area contributed by atoms with Crippen molar-refractivity contribution in [1.82, 2.24) is 5.06 Å². The minimum atomic E-state index is -1.10. The van der Waals surface area contributed by atoms with Crippen molar-refractivity contribution in [3.8, 4) is 0 Å². The Kier molecular flexibility index (Phi) is 5.56. The Hall–Kier alpha value is -2.25. The first-order valence-electron chi connectivity index (χ1n) is 11.1. The van der Waals surface area contributed by atoms with Crippen molar-refractivity contribution in [1.29, 1.82) is 0 Å². The number of hydroxylamine groups is 2. The zero-order valence-corrected chi connectivity index (χ0v) is 18.0. The summed E-state index contributed by atoms with van der Waals surface area (Å²) in [5.74, 6) is -1.83. The van der Waals surface area contributed by atoms with Gasteiger partial charge in [-0.2, -0.15) is 5.06 Å². The number of fused-ring (bicyclic) bond motifs is 1. The molecule has 3 heterocycles. The number of methoxy groups -OCH3 is 1. The lowest BCUT2D eigenvalue weighted by Gasteiger charge is -2.31. The van der Waals surface area contributed by atoms with E-state index in [4.69, 9.17) is 19.0 Å². The second-order valence-electron chi connectivity index (χ2n) is 8.69. The van der Waals surface area contributed by atoms with Crippen LogP contribution < -0.4 is 0 Å². The molecule has 0 unspecified atom stereocenters. The molecular weight excluding hydrogens is 394 g/mol. The molecule has 5 rings (SSSR count). The number of benzene rings is 2. The summed E-state index contributed by atoms with van der Waals surface area (Å²) in [7, 11) is 1.43. The average molecular weight is 424 g/mol. The molecule has 0 aromatic heterocycles. The number of hydrogen-bond acceptors (Lipinski definition) is 6. The second kappa shape index (κ2) is 8.36. The van der Waals surface area contributed by atoms with Gasteiger partial charge in [-0.3, -0.25) is 9.63 Å². The predicted molar refractivity (Wildman–Crippen MR) is 114 cm³/mol. The van der Waals surface area contributed by atoms with Crippen LogP contribution >= 0.6 is 0 Å². The first kappa shape index (κ1) is 20.6.